The SMILES string of the molecule is CCOc1ccc(OCc2ccccc2)cc1O. The summed E-state index contributed by atoms with van der Waals surface area (Å²) in [4.78, 5) is 0. The molecular formula is C15H16O3. The molecule has 0 heterocycles. The predicted molar refractivity (Wildman–Crippen MR) is 70.0 cm³/mol. The molecule has 0 saturated heterocycles. The number of benzene rings is 2. The molecule has 0 saturated carbocycles. The summed E-state index contributed by atoms with van der Waals surface area (Å²) in [5.74, 6) is 1.20. The summed E-state index contributed by atoms with van der Waals surface area (Å²) in [6.07, 6.45) is 0. The minimum absolute atomic E-state index is 0.0995. The molecule has 0 spiro atoms. The second kappa shape index (κ2) is 5.96. The van der Waals surface area contributed by atoms with E-state index in [9.17, 15) is 5.11 Å². The van der Waals surface area contributed by atoms with Crippen LogP contribution < -0.4 is 9.47 Å². The van der Waals surface area contributed by atoms with Gasteiger partial charge in [-0.3, -0.25) is 0 Å². The largest absolute Gasteiger partial charge is 0.504 e. The van der Waals surface area contributed by atoms with Gasteiger partial charge in [-0.05, 0) is 24.6 Å². The summed E-state index contributed by atoms with van der Waals surface area (Å²) in [5.41, 5.74) is 1.09. The summed E-state index contributed by atoms with van der Waals surface area (Å²) in [6.45, 7) is 2.88. The monoisotopic (exact) mass is 244 g/mol. The van der Waals surface area contributed by atoms with Crippen LogP contribution in [0.4, 0.5) is 0 Å². The molecule has 3 heteroatoms. The van der Waals surface area contributed by atoms with Crippen LogP contribution in [0.5, 0.6) is 17.2 Å². The zero-order valence-electron chi connectivity index (χ0n) is 10.3. The first kappa shape index (κ1) is 12.3. The summed E-state index contributed by atoms with van der Waals surface area (Å²) in [6, 6.07) is 14.9. The first-order chi connectivity index (χ1) is 8.79. The fraction of sp³-hybridized carbons (Fsp3) is 0.200. The molecule has 3 nitrogen and oxygen atoms in total. The molecule has 2 rings (SSSR count). The first-order valence-corrected chi connectivity index (χ1v) is 5.92. The Morgan fingerprint density at radius 1 is 1.00 bits per heavy atom. The smallest absolute Gasteiger partial charge is 0.161 e. The zero-order chi connectivity index (χ0) is 12.8. The maximum absolute atomic E-state index is 9.71. The molecule has 0 aromatic heterocycles. The fourth-order valence-corrected chi connectivity index (χ4v) is 1.61. The lowest BCUT2D eigenvalue weighted by molar-refractivity contribution is 0.296. The zero-order valence-corrected chi connectivity index (χ0v) is 10.3. The van der Waals surface area contributed by atoms with Gasteiger partial charge in [0.05, 0.1) is 6.61 Å². The van der Waals surface area contributed by atoms with E-state index < -0.39 is 0 Å². The van der Waals surface area contributed by atoms with E-state index in [1.54, 1.807) is 18.2 Å². The van der Waals surface area contributed by atoms with Gasteiger partial charge in [0.15, 0.2) is 11.5 Å². The predicted octanol–water partition coefficient (Wildman–Crippen LogP) is 3.37. The van der Waals surface area contributed by atoms with Crippen LogP contribution in [0, 0.1) is 0 Å². The summed E-state index contributed by atoms with van der Waals surface area (Å²) in [7, 11) is 0. The molecule has 2 aromatic rings. The van der Waals surface area contributed by atoms with Gasteiger partial charge in [0.1, 0.15) is 12.4 Å². The molecule has 94 valence electrons. The van der Waals surface area contributed by atoms with Crippen LogP contribution in [0.1, 0.15) is 12.5 Å². The molecule has 1 N–H and O–H groups in total. The van der Waals surface area contributed by atoms with E-state index in [-0.39, 0.29) is 5.75 Å². The Labute approximate surface area is 107 Å². The molecule has 0 radical (unpaired) electrons. The molecule has 18 heavy (non-hydrogen) atoms. The Bertz CT molecular complexity index is 494. The number of phenols is 1. The van der Waals surface area contributed by atoms with E-state index in [1.165, 1.54) is 0 Å². The average Bonchev–Trinajstić information content (AvgIpc) is 2.41. The lowest BCUT2D eigenvalue weighted by atomic mass is 10.2. The van der Waals surface area contributed by atoms with Gasteiger partial charge in [-0.25, -0.2) is 0 Å². The Hall–Kier alpha value is -2.16. The van der Waals surface area contributed by atoms with Crippen LogP contribution in [0.3, 0.4) is 0 Å². The van der Waals surface area contributed by atoms with Gasteiger partial charge < -0.3 is 14.6 Å². The molecule has 0 atom stereocenters. The second-order valence-electron chi connectivity index (χ2n) is 3.84. The van der Waals surface area contributed by atoms with Crippen molar-refractivity contribution < 1.29 is 14.6 Å². The number of rotatable bonds is 5. The lowest BCUT2D eigenvalue weighted by Crippen LogP contribution is -1.96. The summed E-state index contributed by atoms with van der Waals surface area (Å²) >= 11 is 0. The molecule has 2 aromatic carbocycles. The molecule has 0 aliphatic rings. The second-order valence-corrected chi connectivity index (χ2v) is 3.84. The highest BCUT2D eigenvalue weighted by atomic mass is 16.5. The van der Waals surface area contributed by atoms with Gasteiger partial charge in [0, 0.05) is 6.07 Å². The van der Waals surface area contributed by atoms with Crippen molar-refractivity contribution in [3.63, 3.8) is 0 Å². The number of hydrogen-bond acceptors (Lipinski definition) is 3. The third-order valence-corrected chi connectivity index (χ3v) is 2.48. The molecule has 0 aliphatic heterocycles. The van der Waals surface area contributed by atoms with E-state index in [1.807, 2.05) is 37.3 Å². The maximum Gasteiger partial charge on any atom is 0.161 e. The van der Waals surface area contributed by atoms with Crippen molar-refractivity contribution in [1.82, 2.24) is 0 Å². The van der Waals surface area contributed by atoms with E-state index in [0.717, 1.165) is 5.56 Å². The van der Waals surface area contributed by atoms with Gasteiger partial charge in [-0.2, -0.15) is 0 Å². The number of hydrogen-bond donors (Lipinski definition) is 1. The minimum atomic E-state index is 0.0995. The number of ether oxygens (including phenoxy) is 2. The Morgan fingerprint density at radius 2 is 1.78 bits per heavy atom. The molecule has 0 amide bonds. The van der Waals surface area contributed by atoms with Crippen molar-refractivity contribution in [2.24, 2.45) is 0 Å². The van der Waals surface area contributed by atoms with E-state index >= 15 is 0 Å². The third kappa shape index (κ3) is 3.17. The van der Waals surface area contributed by atoms with Gasteiger partial charge >= 0.3 is 0 Å². The van der Waals surface area contributed by atoms with Crippen LogP contribution in [-0.4, -0.2) is 11.7 Å². The first-order valence-electron chi connectivity index (χ1n) is 5.92. The highest BCUT2D eigenvalue weighted by molar-refractivity contribution is 5.44. The van der Waals surface area contributed by atoms with Crippen molar-refractivity contribution in [3.05, 3.63) is 54.1 Å². The van der Waals surface area contributed by atoms with Crippen LogP contribution >= 0.6 is 0 Å². The molecule has 0 fully saturated rings. The van der Waals surface area contributed by atoms with E-state index in [0.29, 0.717) is 24.7 Å². The average molecular weight is 244 g/mol. The maximum atomic E-state index is 9.71. The van der Waals surface area contributed by atoms with Crippen LogP contribution in [0.25, 0.3) is 0 Å². The van der Waals surface area contributed by atoms with Crippen LogP contribution in [0.15, 0.2) is 48.5 Å². The minimum Gasteiger partial charge on any atom is -0.504 e. The number of aromatic hydroxyl groups is 1. The highest BCUT2D eigenvalue weighted by Gasteiger charge is 2.04. The highest BCUT2D eigenvalue weighted by Crippen LogP contribution is 2.30. The van der Waals surface area contributed by atoms with E-state index in [4.69, 9.17) is 9.47 Å². The van der Waals surface area contributed by atoms with E-state index in [2.05, 4.69) is 0 Å². The fourth-order valence-electron chi connectivity index (χ4n) is 1.61. The molecular weight excluding hydrogens is 228 g/mol. The molecule has 0 bridgehead atoms. The van der Waals surface area contributed by atoms with Crippen molar-refractivity contribution >= 4 is 0 Å². The third-order valence-electron chi connectivity index (χ3n) is 2.48. The van der Waals surface area contributed by atoms with Crippen molar-refractivity contribution in [3.8, 4) is 17.2 Å². The van der Waals surface area contributed by atoms with Crippen LogP contribution in [0.2, 0.25) is 0 Å². The topological polar surface area (TPSA) is 38.7 Å². The van der Waals surface area contributed by atoms with Gasteiger partial charge in [-0.1, -0.05) is 30.3 Å². The summed E-state index contributed by atoms with van der Waals surface area (Å²) < 4.78 is 10.8. The Balaban J connectivity index is 2.00. The quantitative estimate of drug-likeness (QED) is 0.876. The Morgan fingerprint density at radius 3 is 2.44 bits per heavy atom. The molecule has 0 unspecified atom stereocenters. The van der Waals surface area contributed by atoms with Gasteiger partial charge in [0.25, 0.3) is 0 Å². The summed E-state index contributed by atoms with van der Waals surface area (Å²) in [5, 5.41) is 9.71. The lowest BCUT2D eigenvalue weighted by Gasteiger charge is -2.09. The van der Waals surface area contributed by atoms with Gasteiger partial charge in [0.2, 0.25) is 0 Å². The van der Waals surface area contributed by atoms with Crippen LogP contribution in [-0.2, 0) is 6.61 Å². The van der Waals surface area contributed by atoms with Crippen molar-refractivity contribution in [1.29, 1.82) is 0 Å². The van der Waals surface area contributed by atoms with Crippen molar-refractivity contribution in [2.75, 3.05) is 6.61 Å². The van der Waals surface area contributed by atoms with Crippen molar-refractivity contribution in [2.45, 2.75) is 13.5 Å². The molecule has 0 aliphatic carbocycles. The standard InChI is InChI=1S/C15H16O3/c1-2-17-15-9-8-13(10-14(15)16)18-11-12-6-4-3-5-7-12/h3-10,16H,2,11H2,1H3. The Kier molecular flexibility index (Phi) is 4.07. The number of phenolic OH excluding ortho intramolecular Hbond substituents is 1. The normalized spacial score (nSPS) is 10.1. The van der Waals surface area contributed by atoms with Gasteiger partial charge in [-0.15, -0.1) is 0 Å².